The van der Waals surface area contributed by atoms with E-state index in [0.717, 1.165) is 44.7 Å². The van der Waals surface area contributed by atoms with E-state index in [1.54, 1.807) is 7.05 Å². The van der Waals surface area contributed by atoms with Crippen molar-refractivity contribution in [1.29, 1.82) is 0 Å². The highest BCUT2D eigenvalue weighted by molar-refractivity contribution is 5.79. The van der Waals surface area contributed by atoms with Crippen molar-refractivity contribution in [3.8, 4) is 0 Å². The zero-order valence-electron chi connectivity index (χ0n) is 20.1. The number of amides is 2. The minimum Gasteiger partial charge on any atom is -0.356 e. The lowest BCUT2D eigenvalue weighted by Gasteiger charge is -2.35. The van der Waals surface area contributed by atoms with Gasteiger partial charge in [0.15, 0.2) is 5.96 Å². The average molecular weight is 444 g/mol. The summed E-state index contributed by atoms with van der Waals surface area (Å²) in [5, 5.41) is 6.68. The number of hydrogen-bond donors (Lipinski definition) is 2. The Morgan fingerprint density at radius 2 is 1.53 bits per heavy atom. The highest BCUT2D eigenvalue weighted by atomic mass is 16.2. The quantitative estimate of drug-likeness (QED) is 0.313. The summed E-state index contributed by atoms with van der Waals surface area (Å²) < 4.78 is 0. The Kier molecular flexibility index (Phi) is 11.6. The first-order chi connectivity index (χ1) is 15.5. The first-order valence-electron chi connectivity index (χ1n) is 12.0. The van der Waals surface area contributed by atoms with Crippen LogP contribution in [0.3, 0.4) is 0 Å². The van der Waals surface area contributed by atoms with E-state index < -0.39 is 0 Å². The maximum atomic E-state index is 12.5. The molecule has 7 nitrogen and oxygen atoms in total. The third kappa shape index (κ3) is 9.71. The normalized spacial score (nSPS) is 14.6. The van der Waals surface area contributed by atoms with Gasteiger partial charge in [0, 0.05) is 59.2 Å². The summed E-state index contributed by atoms with van der Waals surface area (Å²) in [6, 6.07) is 10.4. The Morgan fingerprint density at radius 1 is 0.906 bits per heavy atom. The van der Waals surface area contributed by atoms with Crippen LogP contribution in [0.4, 0.5) is 0 Å². The van der Waals surface area contributed by atoms with E-state index in [1.807, 2.05) is 15.9 Å². The van der Waals surface area contributed by atoms with Gasteiger partial charge in [0.05, 0.1) is 0 Å². The number of guanidine groups is 1. The smallest absolute Gasteiger partial charge is 0.222 e. The van der Waals surface area contributed by atoms with E-state index in [1.165, 1.54) is 5.56 Å². The molecule has 2 amide bonds. The van der Waals surface area contributed by atoms with Crippen molar-refractivity contribution in [2.24, 2.45) is 10.9 Å². The monoisotopic (exact) mass is 443 g/mol. The number of carbonyl (C=O) groups excluding carboxylic acids is 2. The molecular formula is C25H41N5O2. The SMILES string of the molecule is CN=C(NCCCCCC(=O)N1CCN(C(=O)CC(C)C)CC1)NCCc1ccccc1. The van der Waals surface area contributed by atoms with Crippen molar-refractivity contribution >= 4 is 17.8 Å². The second-order valence-electron chi connectivity index (χ2n) is 8.83. The van der Waals surface area contributed by atoms with E-state index in [9.17, 15) is 9.59 Å². The molecule has 1 saturated heterocycles. The lowest BCUT2D eigenvalue weighted by molar-refractivity contribution is -0.140. The zero-order chi connectivity index (χ0) is 23.2. The Bertz CT molecular complexity index is 712. The van der Waals surface area contributed by atoms with Gasteiger partial charge in [-0.1, -0.05) is 50.6 Å². The fourth-order valence-electron chi connectivity index (χ4n) is 3.82. The third-order valence-electron chi connectivity index (χ3n) is 5.70. The van der Waals surface area contributed by atoms with Crippen LogP contribution in [0.15, 0.2) is 35.3 Å². The molecule has 1 aliphatic rings. The molecule has 2 rings (SSSR count). The topological polar surface area (TPSA) is 77.0 Å². The number of piperazine rings is 1. The maximum absolute atomic E-state index is 12.5. The van der Waals surface area contributed by atoms with Crippen molar-refractivity contribution in [3.05, 3.63) is 35.9 Å². The molecule has 1 heterocycles. The lowest BCUT2D eigenvalue weighted by Crippen LogP contribution is -2.50. The van der Waals surface area contributed by atoms with Gasteiger partial charge in [-0.05, 0) is 30.7 Å². The second-order valence-corrected chi connectivity index (χ2v) is 8.83. The molecule has 1 aromatic rings. The average Bonchev–Trinajstić information content (AvgIpc) is 2.80. The first kappa shape index (κ1) is 25.7. The first-order valence-corrected chi connectivity index (χ1v) is 12.0. The standard InChI is InChI=1S/C25H41N5O2/c1-21(2)20-24(32)30-18-16-29(17-19-30)23(31)12-8-5-9-14-27-25(26-3)28-15-13-22-10-6-4-7-11-22/h4,6-7,10-11,21H,5,8-9,12-20H2,1-3H3,(H2,26,27,28). The molecule has 7 heteroatoms. The van der Waals surface area contributed by atoms with Crippen LogP contribution in [0.25, 0.3) is 0 Å². The number of aliphatic imine (C=N–C) groups is 1. The van der Waals surface area contributed by atoms with Gasteiger partial charge in [-0.25, -0.2) is 0 Å². The molecule has 0 bridgehead atoms. The van der Waals surface area contributed by atoms with E-state index in [2.05, 4.69) is 53.7 Å². The minimum absolute atomic E-state index is 0.212. The maximum Gasteiger partial charge on any atom is 0.222 e. The van der Waals surface area contributed by atoms with Crippen molar-refractivity contribution < 1.29 is 9.59 Å². The molecule has 2 N–H and O–H groups in total. The highest BCUT2D eigenvalue weighted by Crippen LogP contribution is 2.10. The zero-order valence-corrected chi connectivity index (χ0v) is 20.1. The minimum atomic E-state index is 0.212. The van der Waals surface area contributed by atoms with Gasteiger partial charge in [-0.15, -0.1) is 0 Å². The van der Waals surface area contributed by atoms with Crippen molar-refractivity contribution in [2.75, 3.05) is 46.3 Å². The van der Waals surface area contributed by atoms with Crippen LogP contribution < -0.4 is 10.6 Å². The Balaban J connectivity index is 1.51. The number of rotatable bonds is 11. The number of carbonyl (C=O) groups is 2. The summed E-state index contributed by atoms with van der Waals surface area (Å²) >= 11 is 0. The predicted octanol–water partition coefficient (Wildman–Crippen LogP) is 2.67. The van der Waals surface area contributed by atoms with E-state index in [0.29, 0.717) is 44.9 Å². The van der Waals surface area contributed by atoms with Crippen LogP contribution in [-0.4, -0.2) is 73.9 Å². The van der Waals surface area contributed by atoms with Gasteiger partial charge in [-0.2, -0.15) is 0 Å². The lowest BCUT2D eigenvalue weighted by atomic mass is 10.1. The summed E-state index contributed by atoms with van der Waals surface area (Å²) in [6.07, 6.45) is 5.05. The van der Waals surface area contributed by atoms with Crippen LogP contribution >= 0.6 is 0 Å². The number of unbranched alkanes of at least 4 members (excludes halogenated alkanes) is 2. The Morgan fingerprint density at radius 3 is 2.16 bits per heavy atom. The van der Waals surface area contributed by atoms with Gasteiger partial charge in [0.2, 0.25) is 11.8 Å². The molecule has 0 unspecified atom stereocenters. The largest absolute Gasteiger partial charge is 0.356 e. The highest BCUT2D eigenvalue weighted by Gasteiger charge is 2.23. The molecule has 1 aliphatic heterocycles. The molecule has 32 heavy (non-hydrogen) atoms. The van der Waals surface area contributed by atoms with E-state index >= 15 is 0 Å². The van der Waals surface area contributed by atoms with Gasteiger partial charge in [0.1, 0.15) is 0 Å². The molecule has 0 saturated carbocycles. The molecule has 178 valence electrons. The number of nitrogens with one attached hydrogen (secondary N) is 2. The Hall–Kier alpha value is -2.57. The molecular weight excluding hydrogens is 402 g/mol. The van der Waals surface area contributed by atoms with Crippen molar-refractivity contribution in [3.63, 3.8) is 0 Å². The second kappa shape index (κ2) is 14.5. The van der Waals surface area contributed by atoms with Crippen LogP contribution in [0, 0.1) is 5.92 Å². The number of benzene rings is 1. The van der Waals surface area contributed by atoms with Crippen molar-refractivity contribution in [1.82, 2.24) is 20.4 Å². The molecule has 0 spiro atoms. The fraction of sp³-hybridized carbons (Fsp3) is 0.640. The molecule has 1 aromatic carbocycles. The van der Waals surface area contributed by atoms with Crippen LogP contribution in [0.5, 0.6) is 0 Å². The van der Waals surface area contributed by atoms with E-state index in [4.69, 9.17) is 0 Å². The van der Waals surface area contributed by atoms with Gasteiger partial charge in [0.25, 0.3) is 0 Å². The molecule has 1 fully saturated rings. The Labute approximate surface area is 193 Å². The number of nitrogens with zero attached hydrogens (tertiary/aromatic N) is 3. The summed E-state index contributed by atoms with van der Waals surface area (Å²) in [7, 11) is 1.78. The van der Waals surface area contributed by atoms with Crippen LogP contribution in [-0.2, 0) is 16.0 Å². The molecule has 0 aliphatic carbocycles. The summed E-state index contributed by atoms with van der Waals surface area (Å²) in [4.78, 5) is 32.7. The van der Waals surface area contributed by atoms with Gasteiger partial charge in [-0.3, -0.25) is 14.6 Å². The number of hydrogen-bond acceptors (Lipinski definition) is 3. The predicted molar refractivity (Wildman–Crippen MR) is 131 cm³/mol. The third-order valence-corrected chi connectivity index (χ3v) is 5.70. The molecule has 0 radical (unpaired) electrons. The summed E-state index contributed by atoms with van der Waals surface area (Å²) in [5.74, 6) is 1.62. The van der Waals surface area contributed by atoms with Gasteiger partial charge < -0.3 is 20.4 Å². The fourth-order valence-corrected chi connectivity index (χ4v) is 3.82. The van der Waals surface area contributed by atoms with Crippen LogP contribution in [0.2, 0.25) is 0 Å². The molecule has 0 aromatic heterocycles. The van der Waals surface area contributed by atoms with Gasteiger partial charge >= 0.3 is 0 Å². The molecule has 0 atom stereocenters. The summed E-state index contributed by atoms with van der Waals surface area (Å²) in [6.45, 7) is 8.46. The van der Waals surface area contributed by atoms with Crippen molar-refractivity contribution in [2.45, 2.75) is 52.4 Å². The summed E-state index contributed by atoms with van der Waals surface area (Å²) in [5.41, 5.74) is 1.31. The van der Waals surface area contributed by atoms with E-state index in [-0.39, 0.29) is 11.8 Å². The van der Waals surface area contributed by atoms with Crippen LogP contribution in [0.1, 0.15) is 51.5 Å².